The fourth-order valence-corrected chi connectivity index (χ4v) is 3.16. The molecule has 29 heavy (non-hydrogen) atoms. The van der Waals surface area contributed by atoms with Gasteiger partial charge in [-0.3, -0.25) is 9.78 Å². The molecule has 0 aliphatic heterocycles. The normalized spacial score (nSPS) is 12.3. The van der Waals surface area contributed by atoms with Gasteiger partial charge in [-0.05, 0) is 50.6 Å². The molecule has 2 heterocycles. The number of para-hydroxylation sites is 1. The Hall–Kier alpha value is -3.61. The third-order valence-corrected chi connectivity index (χ3v) is 4.52. The fraction of sp³-hybridized carbons (Fsp3) is 0.227. The smallest absolute Gasteiger partial charge is 0.263 e. The first-order valence-electron chi connectivity index (χ1n) is 9.58. The predicted octanol–water partition coefficient (Wildman–Crippen LogP) is 4.07. The third-order valence-electron chi connectivity index (χ3n) is 4.52. The molecular weight excluding hydrogens is 366 g/mol. The lowest BCUT2D eigenvalue weighted by molar-refractivity contribution is 0.242. The predicted molar refractivity (Wildman–Crippen MR) is 114 cm³/mol. The minimum atomic E-state index is -0.233. The van der Waals surface area contributed by atoms with Crippen LogP contribution in [0.1, 0.15) is 32.4 Å². The minimum absolute atomic E-state index is 0.0839. The Bertz CT molecular complexity index is 1180. The van der Waals surface area contributed by atoms with Crippen LogP contribution in [0.5, 0.6) is 5.75 Å². The van der Waals surface area contributed by atoms with E-state index in [9.17, 15) is 4.79 Å². The first-order valence-corrected chi connectivity index (χ1v) is 9.58. The Morgan fingerprint density at radius 3 is 2.62 bits per heavy atom. The second kappa shape index (κ2) is 7.79. The van der Waals surface area contributed by atoms with Gasteiger partial charge < -0.3 is 10.1 Å². The first-order chi connectivity index (χ1) is 14.0. The van der Waals surface area contributed by atoms with Gasteiger partial charge in [0.25, 0.3) is 5.56 Å². The molecule has 4 rings (SSSR count). The van der Waals surface area contributed by atoms with Crippen LogP contribution in [0.2, 0.25) is 0 Å². The number of nitrogens with zero attached hydrogens (tertiary/aromatic N) is 3. The van der Waals surface area contributed by atoms with Crippen LogP contribution < -0.4 is 15.6 Å². The summed E-state index contributed by atoms with van der Waals surface area (Å²) in [6.07, 6.45) is 1.64. The molecule has 0 fully saturated rings. The topological polar surface area (TPSA) is 84.8 Å². The molecule has 2 aromatic heterocycles. The highest BCUT2D eigenvalue weighted by Gasteiger charge is 2.14. The van der Waals surface area contributed by atoms with E-state index in [1.54, 1.807) is 4.68 Å². The van der Waals surface area contributed by atoms with Gasteiger partial charge in [0.15, 0.2) is 5.65 Å². The van der Waals surface area contributed by atoms with Gasteiger partial charge in [-0.25, -0.2) is 4.68 Å². The van der Waals surface area contributed by atoms with Crippen molar-refractivity contribution in [3.8, 4) is 11.4 Å². The molecule has 7 heteroatoms. The minimum Gasteiger partial charge on any atom is -0.491 e. The number of fused-ring (bicyclic) bond motifs is 1. The molecule has 0 saturated heterocycles. The lowest BCUT2D eigenvalue weighted by atomic mass is 10.1. The molecule has 0 saturated carbocycles. The van der Waals surface area contributed by atoms with Gasteiger partial charge in [0.1, 0.15) is 11.1 Å². The van der Waals surface area contributed by atoms with E-state index < -0.39 is 0 Å². The molecule has 1 atom stereocenters. The lowest BCUT2D eigenvalue weighted by Gasteiger charge is -2.17. The lowest BCUT2D eigenvalue weighted by Crippen LogP contribution is -2.16. The summed E-state index contributed by atoms with van der Waals surface area (Å²) in [4.78, 5) is 19.9. The van der Waals surface area contributed by atoms with E-state index in [4.69, 9.17) is 4.74 Å². The number of anilines is 1. The monoisotopic (exact) mass is 389 g/mol. The molecule has 1 unspecified atom stereocenters. The van der Waals surface area contributed by atoms with E-state index in [1.165, 1.54) is 6.20 Å². The van der Waals surface area contributed by atoms with Crippen LogP contribution in [0.4, 0.5) is 5.95 Å². The van der Waals surface area contributed by atoms with Gasteiger partial charge >= 0.3 is 0 Å². The van der Waals surface area contributed by atoms with Crippen molar-refractivity contribution in [2.45, 2.75) is 32.9 Å². The number of H-pyrrole nitrogens is 1. The second-order valence-electron chi connectivity index (χ2n) is 7.15. The van der Waals surface area contributed by atoms with Crippen LogP contribution in [0.15, 0.2) is 65.6 Å². The Balaban J connectivity index is 1.65. The van der Waals surface area contributed by atoms with Crippen LogP contribution >= 0.6 is 0 Å². The number of rotatable bonds is 6. The Kier molecular flexibility index (Phi) is 5.03. The molecule has 2 aromatic carbocycles. The zero-order valence-corrected chi connectivity index (χ0v) is 16.6. The largest absolute Gasteiger partial charge is 0.491 e. The van der Waals surface area contributed by atoms with Crippen LogP contribution in [-0.4, -0.2) is 25.9 Å². The average Bonchev–Trinajstić information content (AvgIpc) is 3.13. The van der Waals surface area contributed by atoms with Crippen molar-refractivity contribution in [2.24, 2.45) is 0 Å². The average molecular weight is 389 g/mol. The van der Waals surface area contributed by atoms with E-state index in [2.05, 4.69) is 20.4 Å². The molecule has 2 N–H and O–H groups in total. The summed E-state index contributed by atoms with van der Waals surface area (Å²) < 4.78 is 7.44. The summed E-state index contributed by atoms with van der Waals surface area (Å²) >= 11 is 0. The van der Waals surface area contributed by atoms with Gasteiger partial charge in [-0.1, -0.05) is 30.3 Å². The standard InChI is InChI=1S/C22H23N5O2/c1-14(2)29-18-11-7-8-16(12-18)15(3)24-22-25-20-19(21(28)26-22)13-23-27(20)17-9-5-4-6-10-17/h4-15H,1-3H3,(H2,24,25,26,28). The summed E-state index contributed by atoms with van der Waals surface area (Å²) in [5, 5.41) is 8.05. The molecule has 0 aliphatic rings. The van der Waals surface area contributed by atoms with Gasteiger partial charge in [-0.15, -0.1) is 0 Å². The van der Waals surface area contributed by atoms with Crippen LogP contribution in [0.25, 0.3) is 16.7 Å². The van der Waals surface area contributed by atoms with Crippen molar-refractivity contribution in [3.05, 3.63) is 76.7 Å². The molecule has 0 radical (unpaired) electrons. The van der Waals surface area contributed by atoms with Crippen LogP contribution in [0, 0.1) is 0 Å². The van der Waals surface area contributed by atoms with Gasteiger partial charge in [0.05, 0.1) is 24.0 Å². The van der Waals surface area contributed by atoms with E-state index in [0.717, 1.165) is 17.0 Å². The fourth-order valence-electron chi connectivity index (χ4n) is 3.16. The summed E-state index contributed by atoms with van der Waals surface area (Å²) in [5.41, 5.74) is 2.15. The second-order valence-corrected chi connectivity index (χ2v) is 7.15. The maximum Gasteiger partial charge on any atom is 0.263 e. The molecule has 4 aromatic rings. The number of benzene rings is 2. The van der Waals surface area contributed by atoms with Gasteiger partial charge in [0.2, 0.25) is 5.95 Å². The van der Waals surface area contributed by atoms with E-state index in [0.29, 0.717) is 17.0 Å². The molecule has 0 bridgehead atoms. The highest BCUT2D eigenvalue weighted by Crippen LogP contribution is 2.23. The molecule has 148 valence electrons. The quantitative estimate of drug-likeness (QED) is 0.519. The first kappa shape index (κ1) is 18.7. The zero-order chi connectivity index (χ0) is 20.4. The van der Waals surface area contributed by atoms with Crippen molar-refractivity contribution in [1.29, 1.82) is 0 Å². The maximum absolute atomic E-state index is 12.5. The van der Waals surface area contributed by atoms with Crippen LogP contribution in [0.3, 0.4) is 0 Å². The van der Waals surface area contributed by atoms with Crippen molar-refractivity contribution in [2.75, 3.05) is 5.32 Å². The van der Waals surface area contributed by atoms with Crippen molar-refractivity contribution >= 4 is 17.0 Å². The Morgan fingerprint density at radius 2 is 1.86 bits per heavy atom. The number of aromatic amines is 1. The highest BCUT2D eigenvalue weighted by molar-refractivity contribution is 5.76. The summed E-state index contributed by atoms with van der Waals surface area (Å²) in [5.74, 6) is 1.20. The van der Waals surface area contributed by atoms with Gasteiger partial charge in [-0.2, -0.15) is 10.1 Å². The van der Waals surface area contributed by atoms with E-state index >= 15 is 0 Å². The van der Waals surface area contributed by atoms with Crippen LogP contribution in [-0.2, 0) is 0 Å². The third kappa shape index (κ3) is 3.99. The van der Waals surface area contributed by atoms with Crippen molar-refractivity contribution < 1.29 is 4.74 Å². The zero-order valence-electron chi connectivity index (χ0n) is 16.6. The SMILES string of the molecule is CC(C)Oc1cccc(C(C)Nc2nc3c(cnn3-c3ccccc3)c(=O)[nH]2)c1. The molecule has 7 nitrogen and oxygen atoms in total. The van der Waals surface area contributed by atoms with Gasteiger partial charge in [0, 0.05) is 0 Å². The maximum atomic E-state index is 12.5. The van der Waals surface area contributed by atoms with E-state index in [1.807, 2.05) is 75.4 Å². The molecule has 0 spiro atoms. The number of aromatic nitrogens is 4. The Labute approximate surface area is 168 Å². The molecule has 0 aliphatic carbocycles. The summed E-state index contributed by atoms with van der Waals surface area (Å²) in [7, 11) is 0. The summed E-state index contributed by atoms with van der Waals surface area (Å²) in [6.45, 7) is 6.00. The van der Waals surface area contributed by atoms with E-state index in [-0.39, 0.29) is 17.7 Å². The van der Waals surface area contributed by atoms with Crippen molar-refractivity contribution in [1.82, 2.24) is 19.7 Å². The number of hydrogen-bond donors (Lipinski definition) is 2. The molecular formula is C22H23N5O2. The number of ether oxygens (including phenoxy) is 1. The number of hydrogen-bond acceptors (Lipinski definition) is 5. The number of nitrogens with one attached hydrogen (secondary N) is 2. The van der Waals surface area contributed by atoms with Crippen molar-refractivity contribution in [3.63, 3.8) is 0 Å². The highest BCUT2D eigenvalue weighted by atomic mass is 16.5. The Morgan fingerprint density at radius 1 is 1.07 bits per heavy atom. The summed E-state index contributed by atoms with van der Waals surface area (Å²) in [6, 6.07) is 17.4. The molecule has 0 amide bonds.